The molecule has 2 rings (SSSR count). The molecule has 3 amide bonds. The molecular weight excluding hydrogens is 522 g/mol. The zero-order chi connectivity index (χ0) is 29.7. The zero-order valence-electron chi connectivity index (χ0n) is 25.2. The number of nitrogens with zero attached hydrogens (tertiary/aromatic N) is 1. The fraction of sp³-hybridized carbons (Fsp3) is 0.531. The van der Waals surface area contributed by atoms with Crippen molar-refractivity contribution in [1.82, 2.24) is 10.2 Å². The number of carbonyl (C=O) groups is 3. The molecule has 2 aromatic carbocycles. The van der Waals surface area contributed by atoms with E-state index in [4.69, 9.17) is 4.74 Å². The molecule has 0 radical (unpaired) electrons. The van der Waals surface area contributed by atoms with Gasteiger partial charge in [0.15, 0.2) is 0 Å². The number of rotatable bonds is 14. The second-order valence-corrected chi connectivity index (χ2v) is 12.1. The van der Waals surface area contributed by atoms with Crippen molar-refractivity contribution in [2.24, 2.45) is 0 Å². The fourth-order valence-electron chi connectivity index (χ4n) is 4.48. The number of nitrogens with one attached hydrogen (secondary N) is 2. The highest BCUT2D eigenvalue weighted by atomic mass is 32.2. The van der Waals surface area contributed by atoms with E-state index in [2.05, 4.69) is 17.6 Å². The van der Waals surface area contributed by atoms with Crippen LogP contribution in [0.25, 0.3) is 0 Å². The van der Waals surface area contributed by atoms with Crippen molar-refractivity contribution in [2.75, 3.05) is 23.9 Å². The largest absolute Gasteiger partial charge is 0.444 e. The van der Waals surface area contributed by atoms with Gasteiger partial charge in [0, 0.05) is 12.2 Å². The summed E-state index contributed by atoms with van der Waals surface area (Å²) < 4.78 is 5.49. The molecule has 0 heterocycles. The van der Waals surface area contributed by atoms with Crippen LogP contribution < -0.4 is 10.6 Å². The van der Waals surface area contributed by atoms with Gasteiger partial charge in [-0.05, 0) is 82.2 Å². The molecule has 2 unspecified atom stereocenters. The van der Waals surface area contributed by atoms with Gasteiger partial charge in [-0.2, -0.15) is 11.8 Å². The minimum Gasteiger partial charge on any atom is -0.444 e. The molecule has 2 N–H and O–H groups in total. The van der Waals surface area contributed by atoms with Crippen LogP contribution in [0.2, 0.25) is 0 Å². The molecule has 0 saturated heterocycles. The monoisotopic (exact) mass is 569 g/mol. The van der Waals surface area contributed by atoms with Gasteiger partial charge >= 0.3 is 6.09 Å². The highest BCUT2D eigenvalue weighted by molar-refractivity contribution is 7.98. The Morgan fingerprint density at radius 1 is 0.950 bits per heavy atom. The van der Waals surface area contributed by atoms with E-state index < -0.39 is 23.8 Å². The number of alkyl carbamates (subject to hydrolysis) is 1. The Kier molecular flexibility index (Phi) is 13.5. The summed E-state index contributed by atoms with van der Waals surface area (Å²) in [6, 6.07) is 13.6. The van der Waals surface area contributed by atoms with Gasteiger partial charge in [-0.15, -0.1) is 0 Å². The first-order valence-corrected chi connectivity index (χ1v) is 15.6. The summed E-state index contributed by atoms with van der Waals surface area (Å²) in [6.45, 7) is 11.8. The smallest absolute Gasteiger partial charge is 0.408 e. The van der Waals surface area contributed by atoms with Gasteiger partial charge in [0.25, 0.3) is 5.91 Å². The maximum absolute atomic E-state index is 14.3. The Bertz CT molecular complexity index is 1120. The molecule has 40 heavy (non-hydrogen) atoms. The lowest BCUT2D eigenvalue weighted by Crippen LogP contribution is -2.53. The second kappa shape index (κ2) is 16.3. The van der Waals surface area contributed by atoms with E-state index in [0.29, 0.717) is 24.4 Å². The van der Waals surface area contributed by atoms with Crippen LogP contribution in [0.1, 0.15) is 82.5 Å². The molecule has 0 spiro atoms. The predicted octanol–water partition coefficient (Wildman–Crippen LogP) is 7.04. The lowest BCUT2D eigenvalue weighted by Gasteiger charge is -2.35. The average molecular weight is 570 g/mol. The van der Waals surface area contributed by atoms with Crippen molar-refractivity contribution < 1.29 is 19.1 Å². The van der Waals surface area contributed by atoms with Crippen LogP contribution in [-0.4, -0.2) is 53.0 Å². The summed E-state index contributed by atoms with van der Waals surface area (Å²) in [5.74, 6) is 0.0956. The molecule has 220 valence electrons. The molecular formula is C32H47N3O4S. The molecule has 0 bridgehead atoms. The Labute approximate surface area is 244 Å². The minimum absolute atomic E-state index is 0.284. The van der Waals surface area contributed by atoms with Crippen LogP contribution in [0.4, 0.5) is 10.5 Å². The first-order valence-electron chi connectivity index (χ1n) is 14.2. The Balaban J connectivity index is 2.54. The fourth-order valence-corrected chi connectivity index (χ4v) is 4.95. The van der Waals surface area contributed by atoms with Crippen molar-refractivity contribution in [1.29, 1.82) is 0 Å². The first kappa shape index (κ1) is 33.2. The van der Waals surface area contributed by atoms with E-state index in [0.717, 1.165) is 42.4 Å². The Hall–Kier alpha value is -3.00. The maximum Gasteiger partial charge on any atom is 0.408 e. The number of thioether (sulfide) groups is 1. The summed E-state index contributed by atoms with van der Waals surface area (Å²) in [7, 11) is 0. The minimum atomic E-state index is -0.868. The number of carbonyl (C=O) groups excluding carboxylic acids is 3. The van der Waals surface area contributed by atoms with Crippen LogP contribution in [0.3, 0.4) is 0 Å². The van der Waals surface area contributed by atoms with E-state index in [1.54, 1.807) is 37.4 Å². The summed E-state index contributed by atoms with van der Waals surface area (Å²) in [5, 5.41) is 5.89. The number of ether oxygens (including phenoxy) is 1. The normalized spacial score (nSPS) is 12.8. The number of aryl methyl sites for hydroxylation is 2. The summed E-state index contributed by atoms with van der Waals surface area (Å²) in [6.07, 6.45) is 5.53. The molecule has 8 heteroatoms. The maximum atomic E-state index is 14.3. The van der Waals surface area contributed by atoms with Gasteiger partial charge in [0.2, 0.25) is 5.91 Å². The zero-order valence-corrected chi connectivity index (χ0v) is 26.0. The quantitative estimate of drug-likeness (QED) is 0.238. The van der Waals surface area contributed by atoms with Crippen LogP contribution >= 0.6 is 11.8 Å². The van der Waals surface area contributed by atoms with Gasteiger partial charge in [-0.1, -0.05) is 68.7 Å². The van der Waals surface area contributed by atoms with E-state index in [1.807, 2.05) is 68.6 Å². The number of hydrogen-bond donors (Lipinski definition) is 2. The molecule has 0 aliphatic carbocycles. The van der Waals surface area contributed by atoms with Crippen LogP contribution in [0.5, 0.6) is 0 Å². The molecule has 0 saturated carbocycles. The van der Waals surface area contributed by atoms with Gasteiger partial charge in [-0.25, -0.2) is 4.79 Å². The Morgan fingerprint density at radius 2 is 1.60 bits per heavy atom. The van der Waals surface area contributed by atoms with Gasteiger partial charge < -0.3 is 20.3 Å². The standard InChI is InChI=1S/C32H47N3O4S/c1-8-9-10-15-21-35(30(37)27(20-22-40-7)34-31(38)39-32(4,5)6)28(25-18-13-11-16-23(25)2)29(36)33-26-19-14-12-17-24(26)3/h11-14,16-19,27-28H,8-10,15,20-22H2,1-7H3,(H,33,36)(H,34,38). The number of unbranched alkanes of at least 4 members (excludes halogenated alkanes) is 3. The molecule has 0 fully saturated rings. The van der Waals surface area contributed by atoms with E-state index in [-0.39, 0.29) is 11.8 Å². The molecule has 2 atom stereocenters. The number of anilines is 1. The SMILES string of the molecule is CCCCCCN(C(=O)C(CCSC)NC(=O)OC(C)(C)C)C(C(=O)Nc1ccccc1C)c1ccccc1C. The van der Waals surface area contributed by atoms with E-state index in [1.165, 1.54) is 0 Å². The summed E-state index contributed by atoms with van der Waals surface area (Å²) >= 11 is 1.60. The van der Waals surface area contributed by atoms with Crippen LogP contribution in [-0.2, 0) is 14.3 Å². The third-order valence-electron chi connectivity index (χ3n) is 6.58. The number of para-hydroxylation sites is 1. The highest BCUT2D eigenvalue weighted by Gasteiger charge is 2.36. The van der Waals surface area contributed by atoms with Gasteiger partial charge in [0.05, 0.1) is 0 Å². The van der Waals surface area contributed by atoms with Crippen molar-refractivity contribution in [3.05, 3.63) is 65.2 Å². The van der Waals surface area contributed by atoms with Crippen LogP contribution in [0, 0.1) is 13.8 Å². The number of hydrogen-bond acceptors (Lipinski definition) is 5. The summed E-state index contributed by atoms with van der Waals surface area (Å²) in [5.41, 5.74) is 2.62. The third-order valence-corrected chi connectivity index (χ3v) is 7.23. The number of amides is 3. The molecule has 2 aromatic rings. The topological polar surface area (TPSA) is 87.7 Å². The average Bonchev–Trinajstić information content (AvgIpc) is 2.89. The van der Waals surface area contributed by atoms with Crippen molar-refractivity contribution in [2.45, 2.75) is 91.3 Å². The number of benzene rings is 2. The lowest BCUT2D eigenvalue weighted by molar-refractivity contribution is -0.141. The molecule has 0 aliphatic heterocycles. The molecule has 0 aliphatic rings. The van der Waals surface area contributed by atoms with Crippen molar-refractivity contribution in [3.63, 3.8) is 0 Å². The summed E-state index contributed by atoms with van der Waals surface area (Å²) in [4.78, 5) is 42.8. The lowest BCUT2D eigenvalue weighted by atomic mass is 9.97. The van der Waals surface area contributed by atoms with E-state index >= 15 is 0 Å². The second-order valence-electron chi connectivity index (χ2n) is 11.1. The van der Waals surface area contributed by atoms with Crippen molar-refractivity contribution in [3.8, 4) is 0 Å². The van der Waals surface area contributed by atoms with Crippen LogP contribution in [0.15, 0.2) is 48.5 Å². The molecule has 7 nitrogen and oxygen atoms in total. The predicted molar refractivity (Wildman–Crippen MR) is 166 cm³/mol. The van der Waals surface area contributed by atoms with Crippen molar-refractivity contribution >= 4 is 35.4 Å². The first-order chi connectivity index (χ1) is 19.0. The van der Waals surface area contributed by atoms with Gasteiger partial charge in [-0.3, -0.25) is 9.59 Å². The third kappa shape index (κ3) is 10.5. The molecule has 0 aromatic heterocycles. The van der Waals surface area contributed by atoms with E-state index in [9.17, 15) is 14.4 Å². The highest BCUT2D eigenvalue weighted by Crippen LogP contribution is 2.28. The van der Waals surface area contributed by atoms with Gasteiger partial charge in [0.1, 0.15) is 17.7 Å². The Morgan fingerprint density at radius 3 is 2.20 bits per heavy atom.